The Labute approximate surface area is 107 Å². The predicted octanol–water partition coefficient (Wildman–Crippen LogP) is 2.80. The first-order chi connectivity index (χ1) is 7.90. The molecule has 0 radical (unpaired) electrons. The molecule has 0 aliphatic carbocycles. The van der Waals surface area contributed by atoms with E-state index in [0.717, 1.165) is 16.1 Å². The first-order valence-electron chi connectivity index (χ1n) is 5.56. The van der Waals surface area contributed by atoms with Crippen LogP contribution in [0.25, 0.3) is 0 Å². The minimum atomic E-state index is -0.765. The summed E-state index contributed by atoms with van der Waals surface area (Å²) in [7, 11) is 1.91. The third-order valence-corrected chi connectivity index (χ3v) is 3.10. The Kier molecular flexibility index (Phi) is 4.97. The standard InChI is InChI=1S/C13H18ClNO2/c1-9-4-5-11(6-12(9)14)8-15(3)7-10(2)13(16)17/h4-6,10H,7-8H2,1-3H3,(H,16,17). The lowest BCUT2D eigenvalue weighted by atomic mass is 10.1. The number of benzene rings is 1. The molecule has 1 aromatic carbocycles. The van der Waals surface area contributed by atoms with Crippen molar-refractivity contribution < 1.29 is 9.90 Å². The van der Waals surface area contributed by atoms with Crippen LogP contribution in [0.4, 0.5) is 0 Å². The highest BCUT2D eigenvalue weighted by molar-refractivity contribution is 6.31. The van der Waals surface area contributed by atoms with Gasteiger partial charge in [-0.05, 0) is 31.2 Å². The minimum Gasteiger partial charge on any atom is -0.481 e. The van der Waals surface area contributed by atoms with Gasteiger partial charge in [-0.1, -0.05) is 30.7 Å². The lowest BCUT2D eigenvalue weighted by Crippen LogP contribution is -2.28. The highest BCUT2D eigenvalue weighted by atomic mass is 35.5. The number of carbonyl (C=O) groups is 1. The van der Waals surface area contributed by atoms with Crippen LogP contribution >= 0.6 is 11.6 Å². The Balaban J connectivity index is 2.58. The van der Waals surface area contributed by atoms with Gasteiger partial charge in [0.2, 0.25) is 0 Å². The van der Waals surface area contributed by atoms with E-state index in [1.165, 1.54) is 0 Å². The molecule has 0 fully saturated rings. The molecule has 0 aliphatic heterocycles. The molecular weight excluding hydrogens is 238 g/mol. The zero-order chi connectivity index (χ0) is 13.0. The molecule has 1 aromatic rings. The molecule has 1 rings (SSSR count). The van der Waals surface area contributed by atoms with Gasteiger partial charge in [-0.25, -0.2) is 0 Å². The van der Waals surface area contributed by atoms with Gasteiger partial charge in [-0.15, -0.1) is 0 Å². The number of nitrogens with zero attached hydrogens (tertiary/aromatic N) is 1. The third kappa shape index (κ3) is 4.36. The first-order valence-corrected chi connectivity index (χ1v) is 5.94. The predicted molar refractivity (Wildman–Crippen MR) is 69.3 cm³/mol. The van der Waals surface area contributed by atoms with E-state index < -0.39 is 5.97 Å². The van der Waals surface area contributed by atoms with Gasteiger partial charge in [-0.2, -0.15) is 0 Å². The van der Waals surface area contributed by atoms with Gasteiger partial charge in [0.25, 0.3) is 0 Å². The summed E-state index contributed by atoms with van der Waals surface area (Å²) in [5, 5.41) is 9.58. The van der Waals surface area contributed by atoms with Gasteiger partial charge in [0.1, 0.15) is 0 Å². The van der Waals surface area contributed by atoms with Crippen LogP contribution in [0.15, 0.2) is 18.2 Å². The van der Waals surface area contributed by atoms with Gasteiger partial charge in [0.15, 0.2) is 0 Å². The summed E-state index contributed by atoms with van der Waals surface area (Å²) >= 11 is 6.04. The molecule has 94 valence electrons. The maximum atomic E-state index is 10.7. The van der Waals surface area contributed by atoms with Crippen LogP contribution in [0.1, 0.15) is 18.1 Å². The monoisotopic (exact) mass is 255 g/mol. The molecule has 0 amide bonds. The second kappa shape index (κ2) is 6.03. The molecule has 0 aromatic heterocycles. The van der Waals surface area contributed by atoms with Gasteiger partial charge in [-0.3, -0.25) is 4.79 Å². The zero-order valence-electron chi connectivity index (χ0n) is 10.4. The molecule has 0 saturated carbocycles. The highest BCUT2D eigenvalue weighted by Gasteiger charge is 2.13. The number of carboxylic acids is 1. The van der Waals surface area contributed by atoms with E-state index in [1.54, 1.807) is 6.92 Å². The summed E-state index contributed by atoms with van der Waals surface area (Å²) in [5.41, 5.74) is 2.15. The highest BCUT2D eigenvalue weighted by Crippen LogP contribution is 2.17. The molecule has 4 heteroatoms. The average Bonchev–Trinajstić information content (AvgIpc) is 2.23. The van der Waals surface area contributed by atoms with Crippen molar-refractivity contribution >= 4 is 17.6 Å². The molecule has 0 aliphatic rings. The van der Waals surface area contributed by atoms with E-state index in [2.05, 4.69) is 0 Å². The van der Waals surface area contributed by atoms with E-state index in [0.29, 0.717) is 13.1 Å². The fourth-order valence-electron chi connectivity index (χ4n) is 1.66. The van der Waals surface area contributed by atoms with Crippen LogP contribution in [0, 0.1) is 12.8 Å². The van der Waals surface area contributed by atoms with Gasteiger partial charge in [0, 0.05) is 18.1 Å². The molecule has 3 nitrogen and oxygen atoms in total. The summed E-state index contributed by atoms with van der Waals surface area (Å²) in [4.78, 5) is 12.7. The quantitative estimate of drug-likeness (QED) is 0.880. The van der Waals surface area contributed by atoms with E-state index in [1.807, 2.05) is 37.1 Å². The van der Waals surface area contributed by atoms with Crippen molar-refractivity contribution in [3.63, 3.8) is 0 Å². The Morgan fingerprint density at radius 3 is 2.71 bits per heavy atom. The molecule has 0 heterocycles. The molecule has 1 unspecified atom stereocenters. The zero-order valence-corrected chi connectivity index (χ0v) is 11.2. The van der Waals surface area contributed by atoms with E-state index in [-0.39, 0.29) is 5.92 Å². The number of halogens is 1. The maximum absolute atomic E-state index is 10.7. The number of hydrogen-bond donors (Lipinski definition) is 1. The minimum absolute atomic E-state index is 0.360. The fraction of sp³-hybridized carbons (Fsp3) is 0.462. The van der Waals surface area contributed by atoms with Crippen molar-refractivity contribution in [1.82, 2.24) is 4.90 Å². The van der Waals surface area contributed by atoms with Crippen molar-refractivity contribution in [2.45, 2.75) is 20.4 Å². The van der Waals surface area contributed by atoms with E-state index in [4.69, 9.17) is 16.7 Å². The summed E-state index contributed by atoms with van der Waals surface area (Å²) in [5.74, 6) is -1.13. The average molecular weight is 256 g/mol. The molecule has 0 bridgehead atoms. The normalized spacial score (nSPS) is 12.8. The van der Waals surface area contributed by atoms with Crippen LogP contribution in [0.2, 0.25) is 5.02 Å². The number of aliphatic carboxylic acids is 1. The molecular formula is C13H18ClNO2. The van der Waals surface area contributed by atoms with Gasteiger partial charge < -0.3 is 10.0 Å². The van der Waals surface area contributed by atoms with Crippen molar-refractivity contribution in [1.29, 1.82) is 0 Å². The Hall–Kier alpha value is -1.06. The Bertz CT molecular complexity index is 406. The smallest absolute Gasteiger partial charge is 0.307 e. The van der Waals surface area contributed by atoms with Crippen molar-refractivity contribution in [3.05, 3.63) is 34.3 Å². The van der Waals surface area contributed by atoms with E-state index >= 15 is 0 Å². The van der Waals surface area contributed by atoms with Crippen LogP contribution in [0.3, 0.4) is 0 Å². The largest absolute Gasteiger partial charge is 0.481 e. The maximum Gasteiger partial charge on any atom is 0.307 e. The lowest BCUT2D eigenvalue weighted by molar-refractivity contribution is -0.141. The molecule has 0 saturated heterocycles. The second-order valence-electron chi connectivity index (χ2n) is 4.52. The van der Waals surface area contributed by atoms with Crippen LogP contribution in [0.5, 0.6) is 0 Å². The van der Waals surface area contributed by atoms with Crippen LogP contribution in [-0.2, 0) is 11.3 Å². The number of rotatable bonds is 5. The Morgan fingerprint density at radius 1 is 1.53 bits per heavy atom. The van der Waals surface area contributed by atoms with Gasteiger partial charge in [0.05, 0.1) is 5.92 Å². The summed E-state index contributed by atoms with van der Waals surface area (Å²) in [6.07, 6.45) is 0. The van der Waals surface area contributed by atoms with Crippen molar-refractivity contribution in [2.75, 3.05) is 13.6 Å². The summed E-state index contributed by atoms with van der Waals surface area (Å²) in [6.45, 7) is 4.90. The number of carboxylic acid groups (broad SMARTS) is 1. The van der Waals surface area contributed by atoms with E-state index in [9.17, 15) is 4.79 Å². The molecule has 0 spiro atoms. The van der Waals surface area contributed by atoms with Crippen molar-refractivity contribution in [3.8, 4) is 0 Å². The second-order valence-corrected chi connectivity index (χ2v) is 4.93. The molecule has 1 atom stereocenters. The Morgan fingerprint density at radius 2 is 2.18 bits per heavy atom. The SMILES string of the molecule is Cc1ccc(CN(C)CC(C)C(=O)O)cc1Cl. The van der Waals surface area contributed by atoms with Crippen molar-refractivity contribution in [2.24, 2.45) is 5.92 Å². The summed E-state index contributed by atoms with van der Waals surface area (Å²) in [6, 6.07) is 5.92. The number of hydrogen-bond acceptors (Lipinski definition) is 2. The number of aryl methyl sites for hydroxylation is 1. The topological polar surface area (TPSA) is 40.5 Å². The first kappa shape index (κ1) is 14.0. The molecule has 1 N–H and O–H groups in total. The van der Waals surface area contributed by atoms with Crippen LogP contribution in [-0.4, -0.2) is 29.6 Å². The molecule has 17 heavy (non-hydrogen) atoms. The van der Waals surface area contributed by atoms with Gasteiger partial charge >= 0.3 is 5.97 Å². The lowest BCUT2D eigenvalue weighted by Gasteiger charge is -2.19. The fourth-order valence-corrected chi connectivity index (χ4v) is 1.86. The summed E-state index contributed by atoms with van der Waals surface area (Å²) < 4.78 is 0. The van der Waals surface area contributed by atoms with Crippen LogP contribution < -0.4 is 0 Å². The third-order valence-electron chi connectivity index (χ3n) is 2.70.